The molecule has 0 spiro atoms. The Balaban J connectivity index is 1.41. The van der Waals surface area contributed by atoms with E-state index in [2.05, 4.69) is 65.5 Å². The molecule has 2 aliphatic heterocycles. The van der Waals surface area contributed by atoms with E-state index in [1.807, 2.05) is 41.3 Å². The fourth-order valence-electron chi connectivity index (χ4n) is 4.94. The smallest absolute Gasteiger partial charge is 0.322 e. The van der Waals surface area contributed by atoms with E-state index < -0.39 is 0 Å². The van der Waals surface area contributed by atoms with Crippen LogP contribution in [0.15, 0.2) is 85.1 Å². The van der Waals surface area contributed by atoms with Gasteiger partial charge in [-0.25, -0.2) is 4.79 Å². The highest BCUT2D eigenvalue weighted by Crippen LogP contribution is 2.38. The van der Waals surface area contributed by atoms with Crippen LogP contribution in [0.25, 0.3) is 5.69 Å². The summed E-state index contributed by atoms with van der Waals surface area (Å²) in [5.74, 6) is 1.35. The molecule has 176 valence electrons. The Morgan fingerprint density at radius 2 is 1.74 bits per heavy atom. The highest BCUT2D eigenvalue weighted by atomic mass is 16.6. The maximum absolute atomic E-state index is 13.9. The maximum atomic E-state index is 13.9. The van der Waals surface area contributed by atoms with E-state index >= 15 is 0 Å². The fraction of sp³-hybridized carbons (Fsp3) is 0.207. The number of hydrogen-bond donors (Lipinski definition) is 1. The molecule has 2 amide bonds. The largest absolute Gasteiger partial charge is 0.486 e. The van der Waals surface area contributed by atoms with Gasteiger partial charge in [0.15, 0.2) is 11.5 Å². The third-order valence-corrected chi connectivity index (χ3v) is 6.72. The SMILES string of the molecule is CCc1ccc([C@H]2c3cccn3-c3ccccc3CN2C(=O)Nc2ccc3c(c2)OCCO3)cc1. The number of amides is 2. The van der Waals surface area contributed by atoms with Crippen LogP contribution >= 0.6 is 0 Å². The minimum Gasteiger partial charge on any atom is -0.486 e. The molecule has 35 heavy (non-hydrogen) atoms. The summed E-state index contributed by atoms with van der Waals surface area (Å²) >= 11 is 0. The lowest BCUT2D eigenvalue weighted by Crippen LogP contribution is -2.38. The molecule has 6 rings (SSSR count). The first kappa shape index (κ1) is 21.4. The Morgan fingerprint density at radius 1 is 0.943 bits per heavy atom. The molecule has 0 saturated heterocycles. The van der Waals surface area contributed by atoms with Crippen molar-refractivity contribution in [2.24, 2.45) is 0 Å². The number of anilines is 1. The topological polar surface area (TPSA) is 55.7 Å². The highest BCUT2D eigenvalue weighted by molar-refractivity contribution is 5.90. The van der Waals surface area contributed by atoms with Gasteiger partial charge in [-0.3, -0.25) is 0 Å². The number of nitrogens with one attached hydrogen (secondary N) is 1. The fourth-order valence-corrected chi connectivity index (χ4v) is 4.94. The lowest BCUT2D eigenvalue weighted by atomic mass is 10.00. The van der Waals surface area contributed by atoms with Crippen molar-refractivity contribution < 1.29 is 14.3 Å². The summed E-state index contributed by atoms with van der Waals surface area (Å²) in [6.07, 6.45) is 3.05. The zero-order valence-corrected chi connectivity index (χ0v) is 19.6. The molecule has 1 aromatic heterocycles. The lowest BCUT2D eigenvalue weighted by molar-refractivity contribution is 0.171. The predicted octanol–water partition coefficient (Wildman–Crippen LogP) is 5.95. The Bertz CT molecular complexity index is 1380. The molecule has 0 aliphatic carbocycles. The standard InChI is InChI=1S/C29H27N3O3/c1-2-20-9-11-21(12-10-20)28-25-8-5-15-31(25)24-7-4-3-6-22(24)19-32(28)29(33)30-23-13-14-26-27(18-23)35-17-16-34-26/h3-15,18,28H,2,16-17,19H2,1H3,(H,30,33)/t28-/m0/s1. The van der Waals surface area contributed by atoms with Crippen molar-refractivity contribution in [1.82, 2.24) is 9.47 Å². The second-order valence-corrected chi connectivity index (χ2v) is 8.85. The monoisotopic (exact) mass is 465 g/mol. The van der Waals surface area contributed by atoms with Crippen LogP contribution in [0.2, 0.25) is 0 Å². The Hall–Kier alpha value is -4.19. The predicted molar refractivity (Wildman–Crippen MR) is 135 cm³/mol. The molecule has 0 saturated carbocycles. The lowest BCUT2D eigenvalue weighted by Gasteiger charge is -2.31. The van der Waals surface area contributed by atoms with E-state index in [0.29, 0.717) is 36.9 Å². The first-order chi connectivity index (χ1) is 17.2. The number of para-hydroxylation sites is 1. The number of benzene rings is 3. The van der Waals surface area contributed by atoms with E-state index in [1.54, 1.807) is 0 Å². The van der Waals surface area contributed by atoms with Gasteiger partial charge in [0, 0.05) is 23.6 Å². The summed E-state index contributed by atoms with van der Waals surface area (Å²) in [4.78, 5) is 15.8. The number of nitrogens with zero attached hydrogens (tertiary/aromatic N) is 2. The van der Waals surface area contributed by atoms with Crippen LogP contribution in [0.3, 0.4) is 0 Å². The number of carbonyl (C=O) groups is 1. The van der Waals surface area contributed by atoms with Gasteiger partial charge in [0.05, 0.1) is 18.3 Å². The van der Waals surface area contributed by atoms with E-state index in [0.717, 1.165) is 28.9 Å². The minimum absolute atomic E-state index is 0.171. The van der Waals surface area contributed by atoms with Crippen LogP contribution in [0.4, 0.5) is 10.5 Å². The third-order valence-electron chi connectivity index (χ3n) is 6.72. The van der Waals surface area contributed by atoms with E-state index in [9.17, 15) is 4.79 Å². The van der Waals surface area contributed by atoms with Gasteiger partial charge in [-0.1, -0.05) is 49.4 Å². The number of urea groups is 1. The average Bonchev–Trinajstić information content (AvgIpc) is 3.33. The second-order valence-electron chi connectivity index (χ2n) is 8.85. The van der Waals surface area contributed by atoms with E-state index in [1.165, 1.54) is 5.56 Å². The van der Waals surface area contributed by atoms with Crippen molar-refractivity contribution in [3.8, 4) is 17.2 Å². The van der Waals surface area contributed by atoms with Crippen LogP contribution in [0, 0.1) is 0 Å². The normalized spacial score (nSPS) is 16.1. The molecule has 6 heteroatoms. The van der Waals surface area contributed by atoms with Crippen LogP contribution in [-0.2, 0) is 13.0 Å². The molecule has 1 N–H and O–H groups in total. The third kappa shape index (κ3) is 3.91. The second kappa shape index (κ2) is 8.87. The Kier molecular flexibility index (Phi) is 5.41. The Labute approximate surface area is 204 Å². The molecule has 2 aliphatic rings. The molecular formula is C29H27N3O3. The van der Waals surface area contributed by atoms with E-state index in [4.69, 9.17) is 9.47 Å². The number of hydrogen-bond acceptors (Lipinski definition) is 3. The van der Waals surface area contributed by atoms with Crippen molar-refractivity contribution >= 4 is 11.7 Å². The molecule has 0 radical (unpaired) electrons. The number of rotatable bonds is 3. The summed E-state index contributed by atoms with van der Waals surface area (Å²) in [6.45, 7) is 3.66. The van der Waals surface area contributed by atoms with Gasteiger partial charge >= 0.3 is 6.03 Å². The van der Waals surface area contributed by atoms with Crippen molar-refractivity contribution in [3.05, 3.63) is 107 Å². The summed E-state index contributed by atoms with van der Waals surface area (Å²) < 4.78 is 13.5. The summed E-state index contributed by atoms with van der Waals surface area (Å²) in [5, 5.41) is 3.11. The molecule has 6 nitrogen and oxygen atoms in total. The van der Waals surface area contributed by atoms with Crippen molar-refractivity contribution in [3.63, 3.8) is 0 Å². The molecule has 3 aromatic carbocycles. The van der Waals surface area contributed by atoms with Gasteiger partial charge in [-0.2, -0.15) is 0 Å². The van der Waals surface area contributed by atoms with Crippen LogP contribution in [0.1, 0.15) is 35.3 Å². The number of ether oxygens (including phenoxy) is 2. The van der Waals surface area contributed by atoms with Gasteiger partial charge in [0.2, 0.25) is 0 Å². The molecule has 0 fully saturated rings. The molecular weight excluding hydrogens is 438 g/mol. The number of aromatic nitrogens is 1. The van der Waals surface area contributed by atoms with Gasteiger partial charge < -0.3 is 24.3 Å². The summed E-state index contributed by atoms with van der Waals surface area (Å²) in [7, 11) is 0. The summed E-state index contributed by atoms with van der Waals surface area (Å²) in [5.41, 5.74) is 6.26. The molecule has 0 unspecified atom stereocenters. The maximum Gasteiger partial charge on any atom is 0.322 e. The number of carbonyl (C=O) groups excluding carboxylic acids is 1. The van der Waals surface area contributed by atoms with Crippen molar-refractivity contribution in [2.45, 2.75) is 25.9 Å². The molecule has 1 atom stereocenters. The highest BCUT2D eigenvalue weighted by Gasteiger charge is 2.33. The number of fused-ring (bicyclic) bond motifs is 4. The van der Waals surface area contributed by atoms with Crippen LogP contribution < -0.4 is 14.8 Å². The molecule has 4 aromatic rings. The van der Waals surface area contributed by atoms with Gasteiger partial charge in [0.1, 0.15) is 13.2 Å². The van der Waals surface area contributed by atoms with Gasteiger partial charge in [-0.15, -0.1) is 0 Å². The van der Waals surface area contributed by atoms with Crippen LogP contribution in [-0.4, -0.2) is 28.7 Å². The van der Waals surface area contributed by atoms with Gasteiger partial charge in [0.25, 0.3) is 0 Å². The Morgan fingerprint density at radius 3 is 2.57 bits per heavy atom. The van der Waals surface area contributed by atoms with Crippen molar-refractivity contribution in [2.75, 3.05) is 18.5 Å². The average molecular weight is 466 g/mol. The minimum atomic E-state index is -0.250. The van der Waals surface area contributed by atoms with Crippen molar-refractivity contribution in [1.29, 1.82) is 0 Å². The zero-order valence-electron chi connectivity index (χ0n) is 19.6. The first-order valence-electron chi connectivity index (χ1n) is 12.0. The van der Waals surface area contributed by atoms with Crippen LogP contribution in [0.5, 0.6) is 11.5 Å². The van der Waals surface area contributed by atoms with E-state index in [-0.39, 0.29) is 12.1 Å². The molecule has 0 bridgehead atoms. The quantitative estimate of drug-likeness (QED) is 0.407. The zero-order chi connectivity index (χ0) is 23.8. The molecule has 3 heterocycles. The van der Waals surface area contributed by atoms with Gasteiger partial charge in [-0.05, 0) is 53.4 Å². The number of aryl methyl sites for hydroxylation is 1. The first-order valence-corrected chi connectivity index (χ1v) is 12.0. The summed E-state index contributed by atoms with van der Waals surface area (Å²) in [6, 6.07) is 26.1.